The normalized spacial score (nSPS) is 24.2. The van der Waals surface area contributed by atoms with Gasteiger partial charge in [-0.3, -0.25) is 9.59 Å². The van der Waals surface area contributed by atoms with Crippen LogP contribution in [0.5, 0.6) is 0 Å². The molecule has 4 N–H and O–H groups in total. The van der Waals surface area contributed by atoms with Gasteiger partial charge in [-0.2, -0.15) is 0 Å². The number of aryl methyl sites for hydroxylation is 2. The molecule has 64 heavy (non-hydrogen) atoms. The van der Waals surface area contributed by atoms with Crippen LogP contribution in [-0.2, 0) is 41.4 Å². The zero-order chi connectivity index (χ0) is 43.9. The number of piperidine rings is 1. The van der Waals surface area contributed by atoms with Gasteiger partial charge < -0.3 is 49.3 Å². The number of hydrogen-bond donors (Lipinski definition) is 4. The summed E-state index contributed by atoms with van der Waals surface area (Å²) in [7, 11) is 2.65. The number of nitrogens with one attached hydrogen (secondary N) is 4. The Balaban J connectivity index is 0.843. The summed E-state index contributed by atoms with van der Waals surface area (Å²) >= 11 is 0. The number of rotatable bonds is 10. The van der Waals surface area contributed by atoms with Gasteiger partial charge in [-0.05, 0) is 134 Å². The van der Waals surface area contributed by atoms with Crippen molar-refractivity contribution in [2.75, 3.05) is 47.2 Å². The summed E-state index contributed by atoms with van der Waals surface area (Å²) in [6.45, 7) is 2.86. The van der Waals surface area contributed by atoms with E-state index in [0.29, 0.717) is 64.6 Å². The van der Waals surface area contributed by atoms with Gasteiger partial charge in [-0.25, -0.2) is 19.6 Å². The zero-order valence-corrected chi connectivity index (χ0v) is 36.6. The molecule has 2 aliphatic carbocycles. The zero-order valence-electron chi connectivity index (χ0n) is 36.6. The minimum Gasteiger partial charge on any atom is -0.453 e. The SMILES string of the molecule is COC(=O)N[C@H](C(=O)N1CCC[C@H]1c1ncc(-c2ccc3c(c2)CCc2cc(-c4cnc([C@@H]5[C@H]6CC[C@H](C6)N5C(=O)[C@@H](NC(=O)OC)C5CCOCC5)[nH]4)ccc2-3)[nH]1)C1CCOCC1. The molecule has 6 atom stereocenters. The van der Waals surface area contributed by atoms with Crippen LogP contribution in [0.25, 0.3) is 33.6 Å². The van der Waals surface area contributed by atoms with Gasteiger partial charge in [-0.15, -0.1) is 0 Å². The third-order valence-electron chi connectivity index (χ3n) is 14.9. The second-order valence-electron chi connectivity index (χ2n) is 18.3. The lowest BCUT2D eigenvalue weighted by molar-refractivity contribution is -0.140. The summed E-state index contributed by atoms with van der Waals surface area (Å²) < 4.78 is 21.0. The van der Waals surface area contributed by atoms with Crippen LogP contribution in [0.3, 0.4) is 0 Å². The Morgan fingerprint density at radius 2 is 1.25 bits per heavy atom. The van der Waals surface area contributed by atoms with Crippen LogP contribution >= 0.6 is 0 Å². The molecule has 16 heteroatoms. The van der Waals surface area contributed by atoms with Crippen molar-refractivity contribution in [3.8, 4) is 33.6 Å². The summed E-state index contributed by atoms with van der Waals surface area (Å²) in [4.78, 5) is 74.1. The van der Waals surface area contributed by atoms with Crippen LogP contribution in [0.4, 0.5) is 9.59 Å². The maximum atomic E-state index is 14.4. The predicted octanol–water partition coefficient (Wildman–Crippen LogP) is 6.25. The summed E-state index contributed by atoms with van der Waals surface area (Å²) in [5.74, 6) is 1.63. The van der Waals surface area contributed by atoms with E-state index < -0.39 is 24.3 Å². The molecule has 4 amide bonds. The largest absolute Gasteiger partial charge is 0.453 e. The van der Waals surface area contributed by atoms with Crippen LogP contribution in [-0.4, -0.2) is 119 Å². The number of benzene rings is 2. The highest BCUT2D eigenvalue weighted by Gasteiger charge is 2.52. The lowest BCUT2D eigenvalue weighted by Gasteiger charge is -2.39. The first kappa shape index (κ1) is 42.2. The lowest BCUT2D eigenvalue weighted by Crippen LogP contribution is -2.55. The van der Waals surface area contributed by atoms with Crippen molar-refractivity contribution < 1.29 is 38.1 Å². The second-order valence-corrected chi connectivity index (χ2v) is 18.3. The number of likely N-dealkylation sites (tertiary alicyclic amines) is 2. The first-order valence-electron chi connectivity index (χ1n) is 23.1. The molecule has 0 unspecified atom stereocenters. The van der Waals surface area contributed by atoms with Gasteiger partial charge in [0.25, 0.3) is 0 Å². The van der Waals surface area contributed by atoms with E-state index in [1.165, 1.54) is 36.5 Å². The molecule has 2 aromatic heterocycles. The number of aromatic nitrogens is 4. The number of amides is 4. The van der Waals surface area contributed by atoms with Crippen molar-refractivity contribution in [2.45, 2.75) is 101 Å². The van der Waals surface area contributed by atoms with Gasteiger partial charge in [0.15, 0.2) is 0 Å². The number of aromatic amines is 2. The summed E-state index contributed by atoms with van der Waals surface area (Å²) in [5, 5.41) is 5.72. The number of imidazole rings is 2. The quantitative estimate of drug-likeness (QED) is 0.142. The van der Waals surface area contributed by atoms with Crippen LogP contribution in [0, 0.1) is 17.8 Å². The number of hydrogen-bond acceptors (Lipinski definition) is 10. The molecule has 4 saturated heterocycles. The van der Waals surface area contributed by atoms with Crippen molar-refractivity contribution in [3.63, 3.8) is 0 Å². The lowest BCUT2D eigenvalue weighted by atomic mass is 9.83. The van der Waals surface area contributed by atoms with Gasteiger partial charge >= 0.3 is 12.2 Å². The number of carbonyl (C=O) groups excluding carboxylic acids is 4. The molecule has 4 aromatic rings. The molecule has 4 aliphatic heterocycles. The van der Waals surface area contributed by atoms with Crippen molar-refractivity contribution in [2.24, 2.45) is 17.8 Å². The highest BCUT2D eigenvalue weighted by atomic mass is 16.5. The number of methoxy groups -OCH3 is 2. The third kappa shape index (κ3) is 8.03. The van der Waals surface area contributed by atoms with E-state index in [1.54, 1.807) is 0 Å². The van der Waals surface area contributed by atoms with Crippen molar-refractivity contribution in [1.82, 2.24) is 40.4 Å². The van der Waals surface area contributed by atoms with Gasteiger partial charge in [0.1, 0.15) is 23.7 Å². The smallest absolute Gasteiger partial charge is 0.407 e. The molecular weight excluding hydrogens is 817 g/mol. The van der Waals surface area contributed by atoms with E-state index in [9.17, 15) is 19.2 Å². The molecule has 1 saturated carbocycles. The molecule has 338 valence electrons. The molecule has 6 heterocycles. The molecule has 16 nitrogen and oxygen atoms in total. The van der Waals surface area contributed by atoms with Crippen molar-refractivity contribution in [3.05, 3.63) is 71.6 Å². The second kappa shape index (κ2) is 18.0. The number of carbonyl (C=O) groups is 4. The molecule has 0 spiro atoms. The first-order valence-corrected chi connectivity index (χ1v) is 23.1. The molecule has 10 rings (SSSR count). The standard InChI is InChI=1S/C48H58N8O8/c1-61-47(59)53-40(27-13-18-63-19-14-27)45(57)55-17-3-4-39(55)43-49-25-37(51-43)31-8-11-35-29(22-31)5-6-30-23-32(9-12-36(30)35)38-26-50-44(52-38)42-33-7-10-34(24-33)56(42)46(58)41(54-48(60)62-2)28-15-20-64-21-16-28/h8-9,11-12,22-23,25-28,33-34,39-42H,3-7,10,13-21,24H2,1-2H3,(H,49,51)(H,50,52)(H,53,59)(H,54,60)/t33-,34+,39-,40-,41-,42-/m0/s1. The maximum absolute atomic E-state index is 14.4. The van der Waals surface area contributed by atoms with E-state index >= 15 is 0 Å². The van der Waals surface area contributed by atoms with Crippen molar-refractivity contribution >= 4 is 24.0 Å². The number of H-pyrrole nitrogens is 2. The van der Waals surface area contributed by atoms with E-state index in [-0.39, 0.29) is 41.8 Å². The topological polar surface area (TPSA) is 193 Å². The molecular formula is C48H58N8O8. The van der Waals surface area contributed by atoms with E-state index in [1.807, 2.05) is 22.2 Å². The van der Waals surface area contributed by atoms with Gasteiger partial charge in [0.2, 0.25) is 11.8 Å². The average molecular weight is 875 g/mol. The Bertz CT molecular complexity index is 2390. The Morgan fingerprint density at radius 1 is 0.703 bits per heavy atom. The summed E-state index contributed by atoms with van der Waals surface area (Å²) in [6.07, 6.45) is 11.7. The van der Waals surface area contributed by atoms with Crippen LogP contribution in [0.15, 0.2) is 48.8 Å². The van der Waals surface area contributed by atoms with E-state index in [4.69, 9.17) is 28.9 Å². The van der Waals surface area contributed by atoms with E-state index in [0.717, 1.165) is 79.1 Å². The Kier molecular flexibility index (Phi) is 11.9. The fraction of sp³-hybridized carbons (Fsp3) is 0.542. The van der Waals surface area contributed by atoms with Crippen LogP contribution < -0.4 is 10.6 Å². The number of ether oxygens (including phenoxy) is 4. The molecule has 6 aliphatic rings. The van der Waals surface area contributed by atoms with Gasteiger partial charge in [0, 0.05) is 39.0 Å². The molecule has 5 fully saturated rings. The first-order chi connectivity index (χ1) is 31.3. The highest BCUT2D eigenvalue weighted by molar-refractivity contribution is 5.88. The Hall–Kier alpha value is -5.74. The maximum Gasteiger partial charge on any atom is 0.407 e. The fourth-order valence-corrected chi connectivity index (χ4v) is 11.6. The van der Waals surface area contributed by atoms with Crippen molar-refractivity contribution in [1.29, 1.82) is 0 Å². The van der Waals surface area contributed by atoms with Gasteiger partial charge in [0.05, 0.1) is 50.1 Å². The van der Waals surface area contributed by atoms with Crippen LogP contribution in [0.2, 0.25) is 0 Å². The average Bonchev–Trinajstić information content (AvgIpc) is 4.21. The minimum absolute atomic E-state index is 0.0229. The summed E-state index contributed by atoms with van der Waals surface area (Å²) in [6, 6.07) is 11.5. The van der Waals surface area contributed by atoms with Crippen LogP contribution in [0.1, 0.15) is 92.6 Å². The molecule has 0 radical (unpaired) electrons. The summed E-state index contributed by atoms with van der Waals surface area (Å²) in [5.41, 5.74) is 8.87. The predicted molar refractivity (Wildman–Crippen MR) is 235 cm³/mol. The third-order valence-corrected chi connectivity index (χ3v) is 14.9. The van der Waals surface area contributed by atoms with E-state index in [2.05, 4.69) is 57.0 Å². The molecule has 2 bridgehead atoms. The number of alkyl carbamates (subject to hydrolysis) is 2. The number of fused-ring (bicyclic) bond motifs is 5. The Labute approximate surface area is 372 Å². The Morgan fingerprint density at radius 3 is 1.83 bits per heavy atom. The fourth-order valence-electron chi connectivity index (χ4n) is 11.6. The monoisotopic (exact) mass is 874 g/mol. The molecule has 2 aromatic carbocycles. The van der Waals surface area contributed by atoms with Gasteiger partial charge in [-0.1, -0.05) is 24.3 Å². The minimum atomic E-state index is -0.683. The highest BCUT2D eigenvalue weighted by Crippen LogP contribution is 2.50. The number of nitrogens with zero attached hydrogens (tertiary/aromatic N) is 4.